The minimum absolute atomic E-state index is 0.248. The lowest BCUT2D eigenvalue weighted by molar-refractivity contribution is 0.628. The first kappa shape index (κ1) is 16.2. The molecule has 22 heavy (non-hydrogen) atoms. The van der Waals surface area contributed by atoms with Gasteiger partial charge in [-0.1, -0.05) is 13.8 Å². The maximum Gasteiger partial charge on any atom is 0.227 e. The number of halogens is 1. The highest BCUT2D eigenvalue weighted by Gasteiger charge is 2.10. The SMILES string of the molecule is CCCN(CCC)c1nc(C)cc(Nc2ccc(F)cc2)n1. The first-order valence-electron chi connectivity index (χ1n) is 7.75. The monoisotopic (exact) mass is 302 g/mol. The largest absolute Gasteiger partial charge is 0.341 e. The van der Waals surface area contributed by atoms with Crippen molar-refractivity contribution in [3.8, 4) is 0 Å². The van der Waals surface area contributed by atoms with E-state index >= 15 is 0 Å². The van der Waals surface area contributed by atoms with Gasteiger partial charge < -0.3 is 10.2 Å². The second kappa shape index (κ2) is 7.73. The third-order valence-corrected chi connectivity index (χ3v) is 3.23. The molecule has 118 valence electrons. The third kappa shape index (κ3) is 4.41. The maximum absolute atomic E-state index is 13.0. The van der Waals surface area contributed by atoms with Gasteiger partial charge in [-0.3, -0.25) is 0 Å². The Balaban J connectivity index is 2.23. The third-order valence-electron chi connectivity index (χ3n) is 3.23. The van der Waals surface area contributed by atoms with Gasteiger partial charge in [0.15, 0.2) is 0 Å². The fourth-order valence-corrected chi connectivity index (χ4v) is 2.29. The first-order valence-corrected chi connectivity index (χ1v) is 7.75. The zero-order chi connectivity index (χ0) is 15.9. The van der Waals surface area contributed by atoms with Crippen molar-refractivity contribution in [2.75, 3.05) is 23.3 Å². The highest BCUT2D eigenvalue weighted by Crippen LogP contribution is 2.19. The van der Waals surface area contributed by atoms with E-state index in [9.17, 15) is 4.39 Å². The molecule has 0 bridgehead atoms. The van der Waals surface area contributed by atoms with Crippen molar-refractivity contribution in [3.63, 3.8) is 0 Å². The number of rotatable bonds is 7. The summed E-state index contributed by atoms with van der Waals surface area (Å²) < 4.78 is 13.0. The van der Waals surface area contributed by atoms with Crippen LogP contribution in [0.15, 0.2) is 30.3 Å². The molecule has 1 aromatic carbocycles. The fourth-order valence-electron chi connectivity index (χ4n) is 2.29. The quantitative estimate of drug-likeness (QED) is 0.828. The Morgan fingerprint density at radius 2 is 1.68 bits per heavy atom. The number of aryl methyl sites for hydroxylation is 1. The van der Waals surface area contributed by atoms with Gasteiger partial charge >= 0.3 is 0 Å². The lowest BCUT2D eigenvalue weighted by Gasteiger charge is -2.22. The number of hydrogen-bond acceptors (Lipinski definition) is 4. The molecule has 0 fully saturated rings. The Morgan fingerprint density at radius 3 is 2.27 bits per heavy atom. The smallest absolute Gasteiger partial charge is 0.227 e. The summed E-state index contributed by atoms with van der Waals surface area (Å²) in [6.07, 6.45) is 2.11. The average Bonchev–Trinajstić information content (AvgIpc) is 2.49. The van der Waals surface area contributed by atoms with Gasteiger partial charge in [-0.15, -0.1) is 0 Å². The van der Waals surface area contributed by atoms with Gasteiger partial charge in [-0.25, -0.2) is 9.37 Å². The van der Waals surface area contributed by atoms with E-state index in [4.69, 9.17) is 0 Å². The van der Waals surface area contributed by atoms with Gasteiger partial charge in [0.2, 0.25) is 5.95 Å². The minimum atomic E-state index is -0.248. The number of benzene rings is 1. The van der Waals surface area contributed by atoms with E-state index in [-0.39, 0.29) is 5.82 Å². The van der Waals surface area contributed by atoms with Crippen molar-refractivity contribution in [1.82, 2.24) is 9.97 Å². The van der Waals surface area contributed by atoms with E-state index in [1.165, 1.54) is 12.1 Å². The van der Waals surface area contributed by atoms with Crippen molar-refractivity contribution in [2.45, 2.75) is 33.6 Å². The van der Waals surface area contributed by atoms with Gasteiger partial charge in [-0.05, 0) is 44.0 Å². The number of nitrogens with zero attached hydrogens (tertiary/aromatic N) is 3. The molecule has 0 aliphatic heterocycles. The van der Waals surface area contributed by atoms with Crippen LogP contribution in [0.1, 0.15) is 32.4 Å². The number of anilines is 3. The zero-order valence-electron chi connectivity index (χ0n) is 13.4. The molecule has 2 aromatic rings. The highest BCUT2D eigenvalue weighted by atomic mass is 19.1. The van der Waals surface area contributed by atoms with Crippen LogP contribution in [0.5, 0.6) is 0 Å². The molecule has 0 radical (unpaired) electrons. The fraction of sp³-hybridized carbons (Fsp3) is 0.412. The van der Waals surface area contributed by atoms with Crippen LogP contribution >= 0.6 is 0 Å². The van der Waals surface area contributed by atoms with Crippen molar-refractivity contribution in [1.29, 1.82) is 0 Å². The van der Waals surface area contributed by atoms with Gasteiger partial charge in [0, 0.05) is 30.5 Å². The molecule has 4 nitrogen and oxygen atoms in total. The zero-order valence-corrected chi connectivity index (χ0v) is 13.4. The van der Waals surface area contributed by atoms with Gasteiger partial charge in [0.1, 0.15) is 11.6 Å². The van der Waals surface area contributed by atoms with Crippen molar-refractivity contribution < 1.29 is 4.39 Å². The lowest BCUT2D eigenvalue weighted by atomic mass is 10.3. The van der Waals surface area contributed by atoms with Crippen molar-refractivity contribution in [3.05, 3.63) is 41.8 Å². The van der Waals surface area contributed by atoms with Crippen LogP contribution in [0.4, 0.5) is 21.8 Å². The molecule has 0 spiro atoms. The molecule has 0 unspecified atom stereocenters. The molecule has 0 aliphatic rings. The van der Waals surface area contributed by atoms with Crippen LogP contribution in [0.25, 0.3) is 0 Å². The van der Waals surface area contributed by atoms with Gasteiger partial charge in [0.25, 0.3) is 0 Å². The Kier molecular flexibility index (Phi) is 5.69. The molecular formula is C17H23FN4. The molecule has 1 aromatic heterocycles. The second-order valence-corrected chi connectivity index (χ2v) is 5.31. The van der Waals surface area contributed by atoms with Crippen LogP contribution in [0.2, 0.25) is 0 Å². The van der Waals surface area contributed by atoms with Crippen LogP contribution in [-0.4, -0.2) is 23.1 Å². The summed E-state index contributed by atoms with van der Waals surface area (Å²) in [7, 11) is 0. The summed E-state index contributed by atoms with van der Waals surface area (Å²) in [4.78, 5) is 11.3. The summed E-state index contributed by atoms with van der Waals surface area (Å²) in [6.45, 7) is 8.13. The highest BCUT2D eigenvalue weighted by molar-refractivity contribution is 5.57. The van der Waals surface area contributed by atoms with Crippen LogP contribution in [0, 0.1) is 12.7 Å². The summed E-state index contributed by atoms with van der Waals surface area (Å²) >= 11 is 0. The van der Waals surface area contributed by atoms with Crippen LogP contribution in [0.3, 0.4) is 0 Å². The number of aromatic nitrogens is 2. The van der Waals surface area contributed by atoms with E-state index in [0.717, 1.165) is 49.1 Å². The van der Waals surface area contributed by atoms with Gasteiger partial charge in [0.05, 0.1) is 0 Å². The molecule has 1 N–H and O–H groups in total. The van der Waals surface area contributed by atoms with E-state index in [1.54, 1.807) is 12.1 Å². The van der Waals surface area contributed by atoms with E-state index < -0.39 is 0 Å². The standard InChI is InChI=1S/C17H23FN4/c1-4-10-22(11-5-2)17-19-13(3)12-16(21-17)20-15-8-6-14(18)7-9-15/h6-9,12H,4-5,10-11H2,1-3H3,(H,19,20,21). The molecule has 2 rings (SSSR count). The molecule has 0 saturated heterocycles. The maximum atomic E-state index is 13.0. The number of hydrogen-bond donors (Lipinski definition) is 1. The second-order valence-electron chi connectivity index (χ2n) is 5.31. The number of nitrogens with one attached hydrogen (secondary N) is 1. The van der Waals surface area contributed by atoms with Crippen molar-refractivity contribution in [2.24, 2.45) is 0 Å². The Hall–Kier alpha value is -2.17. The lowest BCUT2D eigenvalue weighted by Crippen LogP contribution is -2.27. The van der Waals surface area contributed by atoms with E-state index in [2.05, 4.69) is 34.0 Å². The molecule has 0 saturated carbocycles. The van der Waals surface area contributed by atoms with Crippen LogP contribution in [-0.2, 0) is 0 Å². The summed E-state index contributed by atoms with van der Waals surface area (Å²) in [6, 6.07) is 8.14. The molecule has 0 amide bonds. The Morgan fingerprint density at radius 1 is 1.05 bits per heavy atom. The predicted molar refractivity (Wildman–Crippen MR) is 89.2 cm³/mol. The molecule has 0 atom stereocenters. The molecular weight excluding hydrogens is 279 g/mol. The van der Waals surface area contributed by atoms with Gasteiger partial charge in [-0.2, -0.15) is 4.98 Å². The Bertz CT molecular complexity index is 592. The summed E-state index contributed by atoms with van der Waals surface area (Å²) in [5, 5.41) is 3.21. The summed E-state index contributed by atoms with van der Waals surface area (Å²) in [5.74, 6) is 1.22. The predicted octanol–water partition coefficient (Wildman–Crippen LogP) is 4.29. The van der Waals surface area contributed by atoms with Crippen molar-refractivity contribution >= 4 is 17.5 Å². The van der Waals surface area contributed by atoms with E-state index in [0.29, 0.717) is 0 Å². The molecule has 0 aliphatic carbocycles. The first-order chi connectivity index (χ1) is 10.6. The Labute approximate surface area is 131 Å². The topological polar surface area (TPSA) is 41.1 Å². The normalized spacial score (nSPS) is 10.5. The molecule has 1 heterocycles. The molecule has 5 heteroatoms. The minimum Gasteiger partial charge on any atom is -0.341 e. The average molecular weight is 302 g/mol. The van der Waals surface area contributed by atoms with E-state index in [1.807, 2.05) is 13.0 Å². The van der Waals surface area contributed by atoms with Crippen LogP contribution < -0.4 is 10.2 Å². The summed E-state index contributed by atoms with van der Waals surface area (Å²) in [5.41, 5.74) is 1.72.